The number of hydrogen-bond acceptors (Lipinski definition) is 4. The lowest BCUT2D eigenvalue weighted by Gasteiger charge is -2.31. The molecule has 1 saturated heterocycles. The van der Waals surface area contributed by atoms with Gasteiger partial charge in [-0.3, -0.25) is 0 Å². The molecule has 1 fully saturated rings. The van der Waals surface area contributed by atoms with Crippen molar-refractivity contribution in [3.05, 3.63) is 18.3 Å². The lowest BCUT2D eigenvalue weighted by atomic mass is 10.1. The molecule has 1 aliphatic heterocycles. The Bertz CT molecular complexity index is 316. The van der Waals surface area contributed by atoms with E-state index in [9.17, 15) is 5.11 Å². The molecule has 0 radical (unpaired) electrons. The molecule has 1 aromatic rings. The predicted octanol–water partition coefficient (Wildman–Crippen LogP) is 0.715. The highest BCUT2D eigenvalue weighted by Crippen LogP contribution is 2.25. The third-order valence-electron chi connectivity index (χ3n) is 2.52. The minimum absolute atomic E-state index is 0.199. The molecule has 0 amide bonds. The molecule has 0 aliphatic carbocycles. The summed E-state index contributed by atoms with van der Waals surface area (Å²) in [5.41, 5.74) is 5.86. The second kappa shape index (κ2) is 3.84. The van der Waals surface area contributed by atoms with Crippen LogP contribution in [-0.4, -0.2) is 29.2 Å². The molecule has 76 valence electrons. The molecule has 4 nitrogen and oxygen atoms in total. The fraction of sp³-hybridized carbons (Fsp3) is 0.500. The fourth-order valence-electron chi connectivity index (χ4n) is 1.83. The van der Waals surface area contributed by atoms with Crippen LogP contribution in [-0.2, 0) is 0 Å². The van der Waals surface area contributed by atoms with Crippen LogP contribution < -0.4 is 10.6 Å². The Morgan fingerprint density at radius 1 is 1.57 bits per heavy atom. The SMILES string of the molecule is N[C@@H]1CCCN(c2ncccc2O)C1. The number of hydrogen-bond donors (Lipinski definition) is 2. The minimum Gasteiger partial charge on any atom is -0.504 e. The van der Waals surface area contributed by atoms with E-state index in [-0.39, 0.29) is 11.8 Å². The average molecular weight is 193 g/mol. The first-order chi connectivity index (χ1) is 6.77. The summed E-state index contributed by atoms with van der Waals surface area (Å²) < 4.78 is 0. The quantitative estimate of drug-likeness (QED) is 0.689. The number of piperidine rings is 1. The maximum atomic E-state index is 9.60. The second-order valence-corrected chi connectivity index (χ2v) is 3.69. The van der Waals surface area contributed by atoms with Crippen molar-refractivity contribution >= 4 is 5.82 Å². The molecular weight excluding hydrogens is 178 g/mol. The van der Waals surface area contributed by atoms with Crippen molar-refractivity contribution in [1.82, 2.24) is 4.98 Å². The van der Waals surface area contributed by atoms with Crippen LogP contribution in [0.5, 0.6) is 5.75 Å². The number of aromatic hydroxyl groups is 1. The van der Waals surface area contributed by atoms with Crippen molar-refractivity contribution in [2.24, 2.45) is 5.73 Å². The number of nitrogens with zero attached hydrogens (tertiary/aromatic N) is 2. The Kier molecular flexibility index (Phi) is 2.54. The lowest BCUT2D eigenvalue weighted by molar-refractivity contribution is 0.457. The van der Waals surface area contributed by atoms with Crippen molar-refractivity contribution < 1.29 is 5.11 Å². The first kappa shape index (κ1) is 9.27. The Morgan fingerprint density at radius 3 is 3.14 bits per heavy atom. The van der Waals surface area contributed by atoms with Gasteiger partial charge in [0.15, 0.2) is 11.6 Å². The van der Waals surface area contributed by atoms with Crippen LogP contribution in [0.15, 0.2) is 18.3 Å². The normalized spacial score (nSPS) is 22.4. The van der Waals surface area contributed by atoms with Crippen LogP contribution in [0.25, 0.3) is 0 Å². The summed E-state index contributed by atoms with van der Waals surface area (Å²) in [5, 5.41) is 9.60. The Labute approximate surface area is 83.4 Å². The summed E-state index contributed by atoms with van der Waals surface area (Å²) in [6.07, 6.45) is 3.82. The van der Waals surface area contributed by atoms with Crippen LogP contribution >= 0.6 is 0 Å². The highest BCUT2D eigenvalue weighted by Gasteiger charge is 2.19. The van der Waals surface area contributed by atoms with E-state index in [1.165, 1.54) is 0 Å². The van der Waals surface area contributed by atoms with Crippen molar-refractivity contribution in [2.45, 2.75) is 18.9 Å². The summed E-state index contributed by atoms with van der Waals surface area (Å²) in [6, 6.07) is 3.58. The van der Waals surface area contributed by atoms with Gasteiger partial charge in [-0.1, -0.05) is 0 Å². The van der Waals surface area contributed by atoms with Gasteiger partial charge < -0.3 is 15.7 Å². The van der Waals surface area contributed by atoms with Gasteiger partial charge in [-0.2, -0.15) is 0 Å². The molecule has 0 spiro atoms. The molecule has 0 bridgehead atoms. The van der Waals surface area contributed by atoms with Gasteiger partial charge >= 0.3 is 0 Å². The first-order valence-electron chi connectivity index (χ1n) is 4.92. The topological polar surface area (TPSA) is 62.4 Å². The molecule has 2 heterocycles. The molecule has 0 unspecified atom stereocenters. The molecule has 3 N–H and O–H groups in total. The van der Waals surface area contributed by atoms with Gasteiger partial charge in [-0.05, 0) is 25.0 Å². The first-order valence-corrected chi connectivity index (χ1v) is 4.92. The van der Waals surface area contributed by atoms with Gasteiger partial charge in [0.1, 0.15) is 0 Å². The highest BCUT2D eigenvalue weighted by atomic mass is 16.3. The summed E-state index contributed by atoms with van der Waals surface area (Å²) >= 11 is 0. The standard InChI is InChI=1S/C10H15N3O/c11-8-3-2-6-13(7-8)10-9(14)4-1-5-12-10/h1,4-5,8,14H,2-3,6-7,11H2/t8-/m1/s1. The molecule has 1 atom stereocenters. The van der Waals surface area contributed by atoms with E-state index in [0.717, 1.165) is 25.9 Å². The molecular formula is C10H15N3O. The number of anilines is 1. The van der Waals surface area contributed by atoms with Crippen molar-refractivity contribution in [3.63, 3.8) is 0 Å². The van der Waals surface area contributed by atoms with Gasteiger partial charge in [0.2, 0.25) is 0 Å². The monoisotopic (exact) mass is 193 g/mol. The summed E-state index contributed by atoms with van der Waals surface area (Å²) in [7, 11) is 0. The molecule has 0 saturated carbocycles. The molecule has 4 heteroatoms. The van der Waals surface area contributed by atoms with Gasteiger partial charge in [0.05, 0.1) is 0 Å². The highest BCUT2D eigenvalue weighted by molar-refractivity contribution is 5.51. The largest absolute Gasteiger partial charge is 0.504 e. The third kappa shape index (κ3) is 1.80. The molecule has 2 rings (SSSR count). The Balaban J connectivity index is 2.18. The summed E-state index contributed by atoms with van der Waals surface area (Å²) in [4.78, 5) is 6.20. The molecule has 14 heavy (non-hydrogen) atoms. The van der Waals surface area contributed by atoms with E-state index >= 15 is 0 Å². The van der Waals surface area contributed by atoms with E-state index < -0.39 is 0 Å². The lowest BCUT2D eigenvalue weighted by Crippen LogP contribution is -2.43. The Hall–Kier alpha value is -1.29. The van der Waals surface area contributed by atoms with E-state index in [2.05, 4.69) is 4.98 Å². The maximum absolute atomic E-state index is 9.60. The van der Waals surface area contributed by atoms with Gasteiger partial charge in [0, 0.05) is 25.3 Å². The smallest absolute Gasteiger partial charge is 0.171 e. The van der Waals surface area contributed by atoms with Crippen LogP contribution in [0.4, 0.5) is 5.82 Å². The second-order valence-electron chi connectivity index (χ2n) is 3.69. The van der Waals surface area contributed by atoms with Gasteiger partial charge in [-0.25, -0.2) is 4.98 Å². The number of pyridine rings is 1. The van der Waals surface area contributed by atoms with Crippen LogP contribution in [0.1, 0.15) is 12.8 Å². The van der Waals surface area contributed by atoms with E-state index in [1.807, 2.05) is 4.90 Å². The zero-order valence-corrected chi connectivity index (χ0v) is 8.06. The third-order valence-corrected chi connectivity index (χ3v) is 2.52. The van der Waals surface area contributed by atoms with E-state index in [0.29, 0.717) is 5.82 Å². The molecule has 1 aromatic heterocycles. The van der Waals surface area contributed by atoms with Gasteiger partial charge in [-0.15, -0.1) is 0 Å². The summed E-state index contributed by atoms with van der Waals surface area (Å²) in [6.45, 7) is 1.71. The van der Waals surface area contributed by atoms with E-state index in [4.69, 9.17) is 5.73 Å². The molecule has 1 aliphatic rings. The van der Waals surface area contributed by atoms with Crippen molar-refractivity contribution in [1.29, 1.82) is 0 Å². The Morgan fingerprint density at radius 2 is 2.43 bits per heavy atom. The van der Waals surface area contributed by atoms with Crippen LogP contribution in [0, 0.1) is 0 Å². The zero-order valence-electron chi connectivity index (χ0n) is 8.06. The average Bonchev–Trinajstić information content (AvgIpc) is 2.18. The zero-order chi connectivity index (χ0) is 9.97. The van der Waals surface area contributed by atoms with Crippen LogP contribution in [0.3, 0.4) is 0 Å². The number of rotatable bonds is 1. The van der Waals surface area contributed by atoms with Crippen molar-refractivity contribution in [3.8, 4) is 5.75 Å². The number of aromatic nitrogens is 1. The maximum Gasteiger partial charge on any atom is 0.171 e. The van der Waals surface area contributed by atoms with Gasteiger partial charge in [0.25, 0.3) is 0 Å². The van der Waals surface area contributed by atoms with E-state index in [1.54, 1.807) is 18.3 Å². The van der Waals surface area contributed by atoms with Crippen LogP contribution in [0.2, 0.25) is 0 Å². The van der Waals surface area contributed by atoms with Crippen molar-refractivity contribution in [2.75, 3.05) is 18.0 Å². The predicted molar refractivity (Wildman–Crippen MR) is 55.3 cm³/mol. The fourth-order valence-corrected chi connectivity index (χ4v) is 1.83. The number of nitrogens with two attached hydrogens (primary N) is 1. The molecule has 0 aromatic carbocycles. The minimum atomic E-state index is 0.199. The summed E-state index contributed by atoms with van der Waals surface area (Å²) in [5.74, 6) is 0.893.